The summed E-state index contributed by atoms with van der Waals surface area (Å²) in [6, 6.07) is 7.98. The van der Waals surface area contributed by atoms with E-state index in [2.05, 4.69) is 0 Å². The molecule has 0 aromatic heterocycles. The molecule has 1 N–H and O–H groups in total. The topological polar surface area (TPSA) is 57.6 Å². The lowest BCUT2D eigenvalue weighted by Crippen LogP contribution is -2.26. The molecule has 0 saturated carbocycles. The van der Waals surface area contributed by atoms with Crippen molar-refractivity contribution in [2.75, 3.05) is 13.3 Å². The van der Waals surface area contributed by atoms with E-state index in [9.17, 15) is 9.59 Å². The van der Waals surface area contributed by atoms with Crippen LogP contribution in [0.5, 0.6) is 0 Å². The largest absolute Gasteiger partial charge is 0.481 e. The van der Waals surface area contributed by atoms with Gasteiger partial charge in [0.2, 0.25) is 5.91 Å². The maximum absolute atomic E-state index is 11.6. The lowest BCUT2D eigenvalue weighted by atomic mass is 10.2. The van der Waals surface area contributed by atoms with Gasteiger partial charge >= 0.3 is 5.97 Å². The van der Waals surface area contributed by atoms with Gasteiger partial charge in [-0.05, 0) is 24.0 Å². The van der Waals surface area contributed by atoms with Crippen LogP contribution in [0.2, 0.25) is 0 Å². The maximum atomic E-state index is 11.6. The number of nitrogens with zero attached hydrogens (tertiary/aromatic N) is 1. The van der Waals surface area contributed by atoms with Gasteiger partial charge in [-0.25, -0.2) is 0 Å². The van der Waals surface area contributed by atoms with Crippen LogP contribution in [0.25, 0.3) is 0 Å². The highest BCUT2D eigenvalue weighted by molar-refractivity contribution is 7.98. The first-order chi connectivity index (χ1) is 8.52. The molecule has 0 spiro atoms. The number of thioether (sulfide) groups is 1. The van der Waals surface area contributed by atoms with Crippen LogP contribution in [0.1, 0.15) is 18.4 Å². The van der Waals surface area contributed by atoms with Gasteiger partial charge in [0, 0.05) is 24.9 Å². The zero-order valence-electron chi connectivity index (χ0n) is 10.5. The molecule has 0 saturated heterocycles. The molecule has 0 aliphatic rings. The number of amides is 1. The molecule has 0 unspecified atom stereocenters. The van der Waals surface area contributed by atoms with Crippen molar-refractivity contribution in [2.45, 2.75) is 24.3 Å². The van der Waals surface area contributed by atoms with E-state index in [0.717, 1.165) is 5.56 Å². The van der Waals surface area contributed by atoms with Crippen molar-refractivity contribution in [3.63, 3.8) is 0 Å². The Labute approximate surface area is 111 Å². The van der Waals surface area contributed by atoms with Gasteiger partial charge in [-0.15, -0.1) is 11.8 Å². The second kappa shape index (κ2) is 7.06. The van der Waals surface area contributed by atoms with E-state index in [4.69, 9.17) is 5.11 Å². The van der Waals surface area contributed by atoms with E-state index >= 15 is 0 Å². The Morgan fingerprint density at radius 1 is 1.22 bits per heavy atom. The summed E-state index contributed by atoms with van der Waals surface area (Å²) in [5.74, 6) is -1.09. The third kappa shape index (κ3) is 4.79. The first kappa shape index (κ1) is 14.6. The summed E-state index contributed by atoms with van der Waals surface area (Å²) < 4.78 is 0. The standard InChI is InChI=1S/C13H17NO3S/c1-14(12(15)7-8-13(16)17)9-10-3-5-11(18-2)6-4-10/h3-6H,7-9H2,1-2H3,(H,16,17). The monoisotopic (exact) mass is 267 g/mol. The van der Waals surface area contributed by atoms with E-state index in [1.54, 1.807) is 23.7 Å². The van der Waals surface area contributed by atoms with Gasteiger partial charge in [-0.1, -0.05) is 12.1 Å². The van der Waals surface area contributed by atoms with Crippen LogP contribution in [0.3, 0.4) is 0 Å². The summed E-state index contributed by atoms with van der Waals surface area (Å²) in [6.07, 6.45) is 1.94. The van der Waals surface area contributed by atoms with Gasteiger partial charge < -0.3 is 10.0 Å². The average Bonchev–Trinajstić information content (AvgIpc) is 2.36. The fraction of sp³-hybridized carbons (Fsp3) is 0.385. The Balaban J connectivity index is 2.49. The number of carboxylic acids is 1. The SMILES string of the molecule is CSc1ccc(CN(C)C(=O)CCC(=O)O)cc1. The predicted molar refractivity (Wildman–Crippen MR) is 71.6 cm³/mol. The minimum absolute atomic E-state index is 0.0503. The lowest BCUT2D eigenvalue weighted by molar-refractivity contribution is -0.140. The molecule has 1 rings (SSSR count). The van der Waals surface area contributed by atoms with Gasteiger partial charge in [0.15, 0.2) is 0 Å². The second-order valence-corrected chi connectivity index (χ2v) is 4.87. The van der Waals surface area contributed by atoms with Crippen LogP contribution >= 0.6 is 11.8 Å². The number of hydrogen-bond acceptors (Lipinski definition) is 3. The first-order valence-electron chi connectivity index (χ1n) is 5.61. The fourth-order valence-corrected chi connectivity index (χ4v) is 1.91. The molecule has 4 nitrogen and oxygen atoms in total. The van der Waals surface area contributed by atoms with Crippen molar-refractivity contribution in [1.29, 1.82) is 0 Å². The van der Waals surface area contributed by atoms with Crippen molar-refractivity contribution in [2.24, 2.45) is 0 Å². The number of aliphatic carboxylic acids is 1. The van der Waals surface area contributed by atoms with E-state index < -0.39 is 5.97 Å². The first-order valence-corrected chi connectivity index (χ1v) is 6.84. The highest BCUT2D eigenvalue weighted by Crippen LogP contribution is 2.15. The Kier molecular flexibility index (Phi) is 5.71. The Morgan fingerprint density at radius 3 is 2.33 bits per heavy atom. The van der Waals surface area contributed by atoms with Crippen LogP contribution in [0, 0.1) is 0 Å². The smallest absolute Gasteiger partial charge is 0.303 e. The molecule has 0 atom stereocenters. The van der Waals surface area contributed by atoms with Gasteiger partial charge in [0.05, 0.1) is 6.42 Å². The number of carboxylic acid groups (broad SMARTS) is 1. The minimum Gasteiger partial charge on any atom is -0.481 e. The molecule has 0 heterocycles. The number of carbonyl (C=O) groups excluding carboxylic acids is 1. The zero-order chi connectivity index (χ0) is 13.5. The molecular formula is C13H17NO3S. The molecule has 18 heavy (non-hydrogen) atoms. The highest BCUT2D eigenvalue weighted by atomic mass is 32.2. The van der Waals surface area contributed by atoms with Crippen molar-refractivity contribution >= 4 is 23.6 Å². The van der Waals surface area contributed by atoms with Crippen LogP contribution in [0.4, 0.5) is 0 Å². The number of carbonyl (C=O) groups is 2. The third-order valence-electron chi connectivity index (χ3n) is 2.56. The van der Waals surface area contributed by atoms with Gasteiger partial charge in [-0.3, -0.25) is 9.59 Å². The lowest BCUT2D eigenvalue weighted by Gasteiger charge is -2.17. The van der Waals surface area contributed by atoms with E-state index in [1.807, 2.05) is 30.5 Å². The Hall–Kier alpha value is -1.49. The normalized spacial score (nSPS) is 10.1. The van der Waals surface area contributed by atoms with Crippen molar-refractivity contribution < 1.29 is 14.7 Å². The molecule has 1 aromatic carbocycles. The van der Waals surface area contributed by atoms with Gasteiger partial charge in [-0.2, -0.15) is 0 Å². The summed E-state index contributed by atoms with van der Waals surface area (Å²) in [4.78, 5) is 24.7. The molecule has 1 aromatic rings. The molecular weight excluding hydrogens is 250 g/mol. The zero-order valence-corrected chi connectivity index (χ0v) is 11.4. The van der Waals surface area contributed by atoms with Crippen molar-refractivity contribution in [3.8, 4) is 0 Å². The summed E-state index contributed by atoms with van der Waals surface area (Å²) in [5.41, 5.74) is 1.04. The van der Waals surface area contributed by atoms with Crippen LogP contribution in [-0.4, -0.2) is 35.2 Å². The third-order valence-corrected chi connectivity index (χ3v) is 3.30. The van der Waals surface area contributed by atoms with Crippen molar-refractivity contribution in [3.05, 3.63) is 29.8 Å². The molecule has 98 valence electrons. The summed E-state index contributed by atoms with van der Waals surface area (Å²) in [5, 5.41) is 8.52. The Morgan fingerprint density at radius 2 is 1.83 bits per heavy atom. The molecule has 5 heteroatoms. The van der Waals surface area contributed by atoms with Crippen LogP contribution in [0.15, 0.2) is 29.2 Å². The number of rotatable bonds is 6. The quantitative estimate of drug-likeness (QED) is 0.803. The summed E-state index contributed by atoms with van der Waals surface area (Å²) in [7, 11) is 1.69. The van der Waals surface area contributed by atoms with E-state index in [0.29, 0.717) is 6.54 Å². The van der Waals surface area contributed by atoms with Gasteiger partial charge in [0.25, 0.3) is 0 Å². The van der Waals surface area contributed by atoms with E-state index in [1.165, 1.54) is 4.90 Å². The van der Waals surface area contributed by atoms with Crippen LogP contribution < -0.4 is 0 Å². The second-order valence-electron chi connectivity index (χ2n) is 3.99. The van der Waals surface area contributed by atoms with Gasteiger partial charge in [0.1, 0.15) is 0 Å². The summed E-state index contributed by atoms with van der Waals surface area (Å²) in [6.45, 7) is 0.507. The molecule has 0 aliphatic heterocycles. The summed E-state index contributed by atoms with van der Waals surface area (Å²) >= 11 is 1.67. The number of benzene rings is 1. The predicted octanol–water partition coefficient (Wildman–Crippen LogP) is 2.23. The molecule has 1 amide bonds. The number of hydrogen-bond donors (Lipinski definition) is 1. The molecule has 0 bridgehead atoms. The maximum Gasteiger partial charge on any atom is 0.303 e. The molecule has 0 fully saturated rings. The Bertz CT molecular complexity index is 417. The highest BCUT2D eigenvalue weighted by Gasteiger charge is 2.11. The molecule has 0 radical (unpaired) electrons. The van der Waals surface area contributed by atoms with Crippen molar-refractivity contribution in [1.82, 2.24) is 4.90 Å². The van der Waals surface area contributed by atoms with Crippen LogP contribution in [-0.2, 0) is 16.1 Å². The molecule has 0 aliphatic carbocycles. The van der Waals surface area contributed by atoms with E-state index in [-0.39, 0.29) is 18.7 Å². The fourth-order valence-electron chi connectivity index (χ4n) is 1.50. The average molecular weight is 267 g/mol. The minimum atomic E-state index is -0.943.